The Morgan fingerprint density at radius 2 is 2.05 bits per heavy atom. The van der Waals surface area contributed by atoms with Gasteiger partial charge in [0.15, 0.2) is 11.5 Å². The molecule has 1 saturated carbocycles. The summed E-state index contributed by atoms with van der Waals surface area (Å²) in [5.74, 6) is 1.63. The van der Waals surface area contributed by atoms with E-state index in [1.807, 2.05) is 29.8 Å². The van der Waals surface area contributed by atoms with E-state index in [-0.39, 0.29) is 0 Å². The molecule has 4 heteroatoms. The number of aromatic nitrogens is 1. The molecule has 0 radical (unpaired) electrons. The lowest BCUT2D eigenvalue weighted by Gasteiger charge is -2.16. The molecule has 0 spiro atoms. The maximum absolute atomic E-state index is 6.09. The predicted molar refractivity (Wildman–Crippen MR) is 77.0 cm³/mol. The Balaban J connectivity index is 1.88. The molecule has 1 aliphatic rings. The minimum absolute atomic E-state index is 0.334. The molecule has 100 valence electrons. The van der Waals surface area contributed by atoms with Gasteiger partial charge >= 0.3 is 0 Å². The van der Waals surface area contributed by atoms with E-state index >= 15 is 0 Å². The SMILES string of the molecule is COc1ccc(-c2nccs2)cc1OC1CCCC1. The highest BCUT2D eigenvalue weighted by molar-refractivity contribution is 7.13. The third-order valence-electron chi connectivity index (χ3n) is 3.44. The van der Waals surface area contributed by atoms with Gasteiger partial charge in [-0.3, -0.25) is 0 Å². The molecular formula is C15H17NO2S. The van der Waals surface area contributed by atoms with Crippen LogP contribution in [0.3, 0.4) is 0 Å². The number of hydrogen-bond donors (Lipinski definition) is 0. The lowest BCUT2D eigenvalue weighted by Crippen LogP contribution is -2.11. The van der Waals surface area contributed by atoms with E-state index in [9.17, 15) is 0 Å². The summed E-state index contributed by atoms with van der Waals surface area (Å²) >= 11 is 1.63. The number of thiazole rings is 1. The van der Waals surface area contributed by atoms with Gasteiger partial charge in [-0.1, -0.05) is 0 Å². The summed E-state index contributed by atoms with van der Waals surface area (Å²) in [7, 11) is 1.68. The van der Waals surface area contributed by atoms with Crippen LogP contribution >= 0.6 is 11.3 Å². The number of rotatable bonds is 4. The Hall–Kier alpha value is -1.55. The lowest BCUT2D eigenvalue weighted by atomic mass is 10.2. The van der Waals surface area contributed by atoms with Gasteiger partial charge in [0.2, 0.25) is 0 Å². The van der Waals surface area contributed by atoms with E-state index < -0.39 is 0 Å². The monoisotopic (exact) mass is 275 g/mol. The van der Waals surface area contributed by atoms with Gasteiger partial charge in [0, 0.05) is 17.1 Å². The molecule has 1 aromatic carbocycles. The molecule has 0 bridgehead atoms. The van der Waals surface area contributed by atoms with Crippen LogP contribution in [0.15, 0.2) is 29.8 Å². The molecule has 2 aromatic rings. The third-order valence-corrected chi connectivity index (χ3v) is 4.26. The van der Waals surface area contributed by atoms with Crippen LogP contribution in [0.25, 0.3) is 10.6 Å². The zero-order valence-corrected chi connectivity index (χ0v) is 11.8. The van der Waals surface area contributed by atoms with Crippen molar-refractivity contribution in [2.45, 2.75) is 31.8 Å². The molecule has 1 heterocycles. The van der Waals surface area contributed by atoms with E-state index in [4.69, 9.17) is 9.47 Å². The Morgan fingerprint density at radius 1 is 1.21 bits per heavy atom. The van der Waals surface area contributed by atoms with Crippen molar-refractivity contribution in [3.05, 3.63) is 29.8 Å². The molecular weight excluding hydrogens is 258 g/mol. The van der Waals surface area contributed by atoms with Crippen molar-refractivity contribution in [3.8, 4) is 22.1 Å². The molecule has 0 N–H and O–H groups in total. The molecule has 0 unspecified atom stereocenters. The molecule has 0 aliphatic heterocycles. The van der Waals surface area contributed by atoms with E-state index in [2.05, 4.69) is 4.98 Å². The van der Waals surface area contributed by atoms with Gasteiger partial charge < -0.3 is 9.47 Å². The van der Waals surface area contributed by atoms with E-state index in [1.165, 1.54) is 12.8 Å². The van der Waals surface area contributed by atoms with Crippen LogP contribution in [0.1, 0.15) is 25.7 Å². The fourth-order valence-corrected chi connectivity index (χ4v) is 3.09. The van der Waals surface area contributed by atoms with Crippen LogP contribution in [-0.4, -0.2) is 18.2 Å². The zero-order chi connectivity index (χ0) is 13.1. The zero-order valence-electron chi connectivity index (χ0n) is 11.0. The molecule has 1 fully saturated rings. The lowest BCUT2D eigenvalue weighted by molar-refractivity contribution is 0.201. The topological polar surface area (TPSA) is 31.4 Å². The minimum Gasteiger partial charge on any atom is -0.493 e. The molecule has 1 aromatic heterocycles. The number of methoxy groups -OCH3 is 1. The van der Waals surface area contributed by atoms with Crippen LogP contribution < -0.4 is 9.47 Å². The molecule has 0 amide bonds. The summed E-state index contributed by atoms with van der Waals surface area (Å²) in [5.41, 5.74) is 1.09. The van der Waals surface area contributed by atoms with Gasteiger partial charge in [-0.05, 0) is 43.9 Å². The average molecular weight is 275 g/mol. The van der Waals surface area contributed by atoms with Gasteiger partial charge in [0.1, 0.15) is 5.01 Å². The largest absolute Gasteiger partial charge is 0.493 e. The summed E-state index contributed by atoms with van der Waals surface area (Å²) in [4.78, 5) is 4.34. The van der Waals surface area contributed by atoms with Crippen molar-refractivity contribution in [1.82, 2.24) is 4.98 Å². The van der Waals surface area contributed by atoms with Crippen molar-refractivity contribution < 1.29 is 9.47 Å². The highest BCUT2D eigenvalue weighted by atomic mass is 32.1. The van der Waals surface area contributed by atoms with Crippen molar-refractivity contribution in [2.75, 3.05) is 7.11 Å². The van der Waals surface area contributed by atoms with Crippen LogP contribution in [0.4, 0.5) is 0 Å². The molecule has 0 saturated heterocycles. The first-order chi connectivity index (χ1) is 9.36. The summed E-state index contributed by atoms with van der Waals surface area (Å²) in [6, 6.07) is 6.02. The van der Waals surface area contributed by atoms with Gasteiger partial charge in [-0.15, -0.1) is 11.3 Å². The van der Waals surface area contributed by atoms with Crippen LogP contribution in [0.2, 0.25) is 0 Å². The van der Waals surface area contributed by atoms with Crippen molar-refractivity contribution >= 4 is 11.3 Å². The Labute approximate surface area is 117 Å². The maximum atomic E-state index is 6.09. The second-order valence-corrected chi connectivity index (χ2v) is 5.62. The first-order valence-electron chi connectivity index (χ1n) is 6.61. The quantitative estimate of drug-likeness (QED) is 0.840. The van der Waals surface area contributed by atoms with Crippen LogP contribution in [-0.2, 0) is 0 Å². The van der Waals surface area contributed by atoms with Crippen molar-refractivity contribution in [3.63, 3.8) is 0 Å². The van der Waals surface area contributed by atoms with E-state index in [0.717, 1.165) is 34.9 Å². The Kier molecular flexibility index (Phi) is 3.69. The average Bonchev–Trinajstić information content (AvgIpc) is 3.11. The van der Waals surface area contributed by atoms with Crippen LogP contribution in [0, 0.1) is 0 Å². The first-order valence-corrected chi connectivity index (χ1v) is 7.49. The number of benzene rings is 1. The minimum atomic E-state index is 0.334. The fraction of sp³-hybridized carbons (Fsp3) is 0.400. The van der Waals surface area contributed by atoms with E-state index in [1.54, 1.807) is 18.4 Å². The molecule has 19 heavy (non-hydrogen) atoms. The molecule has 0 atom stereocenters. The van der Waals surface area contributed by atoms with Crippen molar-refractivity contribution in [2.24, 2.45) is 0 Å². The van der Waals surface area contributed by atoms with Gasteiger partial charge in [-0.2, -0.15) is 0 Å². The second-order valence-electron chi connectivity index (χ2n) is 4.73. The number of ether oxygens (including phenoxy) is 2. The third kappa shape index (κ3) is 2.73. The summed E-state index contributed by atoms with van der Waals surface area (Å²) in [6.07, 6.45) is 6.97. The highest BCUT2D eigenvalue weighted by Crippen LogP contribution is 2.35. The van der Waals surface area contributed by atoms with E-state index in [0.29, 0.717) is 6.10 Å². The number of hydrogen-bond acceptors (Lipinski definition) is 4. The first kappa shape index (κ1) is 12.5. The molecule has 3 nitrogen and oxygen atoms in total. The van der Waals surface area contributed by atoms with Crippen molar-refractivity contribution in [1.29, 1.82) is 0 Å². The Bertz CT molecular complexity index is 533. The molecule has 3 rings (SSSR count). The second kappa shape index (κ2) is 5.61. The standard InChI is InChI=1S/C15H17NO2S/c1-17-13-7-6-11(15-16-8-9-19-15)10-14(13)18-12-4-2-3-5-12/h6-10,12H,2-5H2,1H3. The summed E-state index contributed by atoms with van der Waals surface area (Å²) in [5, 5.41) is 3.00. The Morgan fingerprint density at radius 3 is 2.74 bits per heavy atom. The highest BCUT2D eigenvalue weighted by Gasteiger charge is 2.19. The summed E-state index contributed by atoms with van der Waals surface area (Å²) < 4.78 is 11.5. The van der Waals surface area contributed by atoms with Gasteiger partial charge in [0.25, 0.3) is 0 Å². The van der Waals surface area contributed by atoms with Crippen LogP contribution in [0.5, 0.6) is 11.5 Å². The number of nitrogens with zero attached hydrogens (tertiary/aromatic N) is 1. The predicted octanol–water partition coefficient (Wildman–Crippen LogP) is 4.14. The normalized spacial score (nSPS) is 15.6. The van der Waals surface area contributed by atoms with Gasteiger partial charge in [0.05, 0.1) is 13.2 Å². The summed E-state index contributed by atoms with van der Waals surface area (Å²) in [6.45, 7) is 0. The fourth-order valence-electron chi connectivity index (χ4n) is 2.45. The maximum Gasteiger partial charge on any atom is 0.162 e. The smallest absolute Gasteiger partial charge is 0.162 e. The van der Waals surface area contributed by atoms with Gasteiger partial charge in [-0.25, -0.2) is 4.98 Å². The molecule has 1 aliphatic carbocycles.